The highest BCUT2D eigenvalue weighted by molar-refractivity contribution is 7.16. The number of nitrogens with zero attached hydrogens (tertiary/aromatic N) is 5. The van der Waals surface area contributed by atoms with Crippen LogP contribution >= 0.6 is 22.9 Å². The Morgan fingerprint density at radius 2 is 2.04 bits per heavy atom. The molecule has 6 nitrogen and oxygen atoms in total. The largest absolute Gasteiger partial charge is 0.339 e. The lowest BCUT2D eigenvalue weighted by atomic mass is 10.2. The summed E-state index contributed by atoms with van der Waals surface area (Å²) in [6.45, 7) is 0.561. The smallest absolute Gasteiger partial charge is 0.246 e. The molecule has 0 bridgehead atoms. The van der Waals surface area contributed by atoms with E-state index in [0.29, 0.717) is 16.7 Å². The van der Waals surface area contributed by atoms with Crippen LogP contribution in [-0.4, -0.2) is 38.1 Å². The molecule has 0 atom stereocenters. The number of tetrazole rings is 1. The molecule has 0 aliphatic heterocycles. The van der Waals surface area contributed by atoms with Crippen LogP contribution in [0.5, 0.6) is 0 Å². The number of amides is 1. The second-order valence-electron chi connectivity index (χ2n) is 4.97. The highest BCUT2D eigenvalue weighted by Crippen LogP contribution is 2.22. The molecule has 0 unspecified atom stereocenters. The van der Waals surface area contributed by atoms with Gasteiger partial charge in [0, 0.05) is 17.5 Å². The number of carbonyl (C=O) groups is 1. The van der Waals surface area contributed by atoms with Gasteiger partial charge in [-0.25, -0.2) is 0 Å². The van der Waals surface area contributed by atoms with Crippen molar-refractivity contribution in [3.8, 4) is 11.4 Å². The number of likely N-dealkylation sites (N-methyl/N-ethyl adjacent to an activating group) is 1. The fourth-order valence-electron chi connectivity index (χ4n) is 2.01. The molecule has 8 heteroatoms. The van der Waals surface area contributed by atoms with Gasteiger partial charge >= 0.3 is 0 Å². The van der Waals surface area contributed by atoms with E-state index >= 15 is 0 Å². The van der Waals surface area contributed by atoms with E-state index < -0.39 is 0 Å². The molecule has 1 aromatic carbocycles. The molecular formula is C15H14ClN5OS. The average Bonchev–Trinajstić information content (AvgIpc) is 3.17. The molecule has 2 heterocycles. The number of benzene rings is 1. The Balaban J connectivity index is 1.63. The Labute approximate surface area is 142 Å². The van der Waals surface area contributed by atoms with Crippen LogP contribution in [0.4, 0.5) is 0 Å². The van der Waals surface area contributed by atoms with E-state index in [0.717, 1.165) is 10.4 Å². The summed E-state index contributed by atoms with van der Waals surface area (Å²) in [5, 5.41) is 12.2. The number of halogens is 1. The molecule has 3 aromatic rings. The first kappa shape index (κ1) is 15.6. The van der Waals surface area contributed by atoms with Crippen LogP contribution in [-0.2, 0) is 17.9 Å². The quantitative estimate of drug-likeness (QED) is 0.712. The van der Waals surface area contributed by atoms with Crippen molar-refractivity contribution in [2.75, 3.05) is 7.05 Å². The van der Waals surface area contributed by atoms with Crippen LogP contribution in [0.15, 0.2) is 42.5 Å². The normalized spacial score (nSPS) is 10.7. The fraction of sp³-hybridized carbons (Fsp3) is 0.200. The maximum absolute atomic E-state index is 12.2. The summed E-state index contributed by atoms with van der Waals surface area (Å²) in [5.41, 5.74) is 0.868. The van der Waals surface area contributed by atoms with E-state index in [9.17, 15) is 4.79 Å². The Morgan fingerprint density at radius 1 is 1.26 bits per heavy atom. The summed E-state index contributed by atoms with van der Waals surface area (Å²) >= 11 is 7.36. The minimum atomic E-state index is -0.0912. The summed E-state index contributed by atoms with van der Waals surface area (Å²) in [5.74, 6) is 0.414. The minimum Gasteiger partial charge on any atom is -0.339 e. The van der Waals surface area contributed by atoms with Crippen molar-refractivity contribution in [3.63, 3.8) is 0 Å². The van der Waals surface area contributed by atoms with E-state index in [2.05, 4.69) is 15.4 Å². The Hall–Kier alpha value is -2.25. The zero-order chi connectivity index (χ0) is 16.2. The lowest BCUT2D eigenvalue weighted by Gasteiger charge is -2.15. The van der Waals surface area contributed by atoms with Crippen LogP contribution in [0.3, 0.4) is 0 Å². The fourth-order valence-corrected chi connectivity index (χ4v) is 3.15. The van der Waals surface area contributed by atoms with Gasteiger partial charge in [0.25, 0.3) is 0 Å². The summed E-state index contributed by atoms with van der Waals surface area (Å²) in [7, 11) is 1.74. The van der Waals surface area contributed by atoms with E-state index in [1.165, 1.54) is 16.1 Å². The van der Waals surface area contributed by atoms with E-state index in [1.54, 1.807) is 11.9 Å². The summed E-state index contributed by atoms with van der Waals surface area (Å²) < 4.78 is 0.714. The maximum atomic E-state index is 12.2. The molecule has 0 saturated carbocycles. The predicted molar refractivity (Wildman–Crippen MR) is 89.1 cm³/mol. The molecule has 0 radical (unpaired) electrons. The first-order chi connectivity index (χ1) is 11.1. The first-order valence-electron chi connectivity index (χ1n) is 6.93. The van der Waals surface area contributed by atoms with Crippen LogP contribution in [0, 0.1) is 0 Å². The van der Waals surface area contributed by atoms with Gasteiger partial charge in [-0.1, -0.05) is 41.9 Å². The Morgan fingerprint density at radius 3 is 2.74 bits per heavy atom. The molecule has 0 spiro atoms. The van der Waals surface area contributed by atoms with Gasteiger partial charge in [-0.3, -0.25) is 4.79 Å². The second-order valence-corrected chi connectivity index (χ2v) is 6.76. The van der Waals surface area contributed by atoms with Crippen molar-refractivity contribution in [3.05, 3.63) is 51.7 Å². The SMILES string of the molecule is CN(Cc1ccc(Cl)s1)C(=O)Cn1nnc(-c2ccccc2)n1. The highest BCUT2D eigenvalue weighted by atomic mass is 35.5. The number of hydrogen-bond donors (Lipinski definition) is 0. The van der Waals surface area contributed by atoms with Gasteiger partial charge in [0.05, 0.1) is 10.9 Å². The van der Waals surface area contributed by atoms with Gasteiger partial charge < -0.3 is 4.90 Å². The molecular weight excluding hydrogens is 334 g/mol. The standard InChI is InChI=1S/C15H14ClN5OS/c1-20(9-12-7-8-13(16)23-12)14(22)10-21-18-15(17-19-21)11-5-3-2-4-6-11/h2-8H,9-10H2,1H3. The first-order valence-corrected chi connectivity index (χ1v) is 8.12. The number of rotatable bonds is 5. The third kappa shape index (κ3) is 3.94. The maximum Gasteiger partial charge on any atom is 0.246 e. The van der Waals surface area contributed by atoms with Crippen LogP contribution in [0.1, 0.15) is 4.88 Å². The Kier molecular flexibility index (Phi) is 4.68. The van der Waals surface area contributed by atoms with Gasteiger partial charge in [-0.15, -0.1) is 21.5 Å². The highest BCUT2D eigenvalue weighted by Gasteiger charge is 2.14. The molecule has 0 aliphatic rings. The number of thiophene rings is 1. The van der Waals surface area contributed by atoms with Crippen molar-refractivity contribution < 1.29 is 4.79 Å². The number of aromatic nitrogens is 4. The predicted octanol–water partition coefficient (Wildman–Crippen LogP) is 2.71. The van der Waals surface area contributed by atoms with Crippen molar-refractivity contribution in [2.24, 2.45) is 0 Å². The van der Waals surface area contributed by atoms with Crippen LogP contribution in [0.2, 0.25) is 4.34 Å². The van der Waals surface area contributed by atoms with Crippen molar-refractivity contribution in [2.45, 2.75) is 13.1 Å². The number of carbonyl (C=O) groups excluding carboxylic acids is 1. The molecule has 118 valence electrons. The van der Waals surface area contributed by atoms with Crippen molar-refractivity contribution in [1.82, 2.24) is 25.1 Å². The third-order valence-corrected chi connectivity index (χ3v) is 4.43. The van der Waals surface area contributed by atoms with Crippen molar-refractivity contribution >= 4 is 28.8 Å². The Bertz CT molecular complexity index is 801. The van der Waals surface area contributed by atoms with Crippen molar-refractivity contribution in [1.29, 1.82) is 0 Å². The third-order valence-electron chi connectivity index (χ3n) is 3.21. The zero-order valence-electron chi connectivity index (χ0n) is 12.4. The van der Waals surface area contributed by atoms with Gasteiger partial charge in [-0.2, -0.15) is 4.80 Å². The average molecular weight is 348 g/mol. The second kappa shape index (κ2) is 6.89. The molecule has 0 aliphatic carbocycles. The molecule has 2 aromatic heterocycles. The monoisotopic (exact) mass is 347 g/mol. The van der Waals surface area contributed by atoms with Crippen LogP contribution < -0.4 is 0 Å². The molecule has 23 heavy (non-hydrogen) atoms. The number of hydrogen-bond acceptors (Lipinski definition) is 5. The van der Waals surface area contributed by atoms with Gasteiger partial charge in [0.1, 0.15) is 6.54 Å². The molecule has 1 amide bonds. The molecule has 3 rings (SSSR count). The lowest BCUT2D eigenvalue weighted by molar-refractivity contribution is -0.131. The summed E-state index contributed by atoms with van der Waals surface area (Å²) in [6.07, 6.45) is 0. The minimum absolute atomic E-state index is 0.0510. The van der Waals surface area contributed by atoms with Gasteiger partial charge in [-0.05, 0) is 17.3 Å². The van der Waals surface area contributed by atoms with Gasteiger partial charge in [0.2, 0.25) is 11.7 Å². The zero-order valence-corrected chi connectivity index (χ0v) is 14.0. The van der Waals surface area contributed by atoms with E-state index in [1.807, 2.05) is 42.5 Å². The van der Waals surface area contributed by atoms with E-state index in [4.69, 9.17) is 11.6 Å². The molecule has 0 saturated heterocycles. The summed E-state index contributed by atoms with van der Waals surface area (Å²) in [4.78, 5) is 16.2. The molecule has 0 fully saturated rings. The van der Waals surface area contributed by atoms with Crippen LogP contribution in [0.25, 0.3) is 11.4 Å². The van der Waals surface area contributed by atoms with E-state index in [-0.39, 0.29) is 12.5 Å². The summed E-state index contributed by atoms with van der Waals surface area (Å²) in [6, 6.07) is 13.3. The van der Waals surface area contributed by atoms with Gasteiger partial charge in [0.15, 0.2) is 0 Å². The lowest BCUT2D eigenvalue weighted by Crippen LogP contribution is -2.30. The molecule has 0 N–H and O–H groups in total. The topological polar surface area (TPSA) is 63.9 Å².